The summed E-state index contributed by atoms with van der Waals surface area (Å²) >= 11 is 0. The molecule has 0 aromatic rings. The molecule has 0 rings (SSSR count). The van der Waals surface area contributed by atoms with Crippen LogP contribution in [0.4, 0.5) is 26.3 Å². The van der Waals surface area contributed by atoms with Crippen LogP contribution in [-0.4, -0.2) is 60.0 Å². The first-order chi connectivity index (χ1) is 13.7. The average molecular weight is 526 g/mol. The number of nitrogens with one attached hydrogen (secondary N) is 2. The van der Waals surface area contributed by atoms with E-state index in [2.05, 4.69) is 6.58 Å². The van der Waals surface area contributed by atoms with Gasteiger partial charge in [-0.2, -0.15) is 17.6 Å². The molecule has 31 heavy (non-hydrogen) atoms. The summed E-state index contributed by atoms with van der Waals surface area (Å²) in [4.78, 5) is 0. The van der Waals surface area contributed by atoms with Crippen LogP contribution in [0.5, 0.6) is 0 Å². The molecular formula is C13H21F6N3O6S3. The molecule has 9 nitrogen and oxygen atoms in total. The van der Waals surface area contributed by atoms with Crippen molar-refractivity contribution in [2.45, 2.75) is 41.9 Å². The van der Waals surface area contributed by atoms with Gasteiger partial charge in [0.1, 0.15) is 0 Å². The fourth-order valence-corrected chi connectivity index (χ4v) is 6.41. The Balaban J connectivity index is 6.66. The summed E-state index contributed by atoms with van der Waals surface area (Å²) in [7, 11) is -19.0. The molecule has 0 saturated carbocycles. The molecule has 0 spiro atoms. The highest BCUT2D eigenvalue weighted by atomic mass is 32.3. The smallest absolute Gasteiger partial charge is 0.330 e. The van der Waals surface area contributed by atoms with Crippen molar-refractivity contribution in [2.24, 2.45) is 5.73 Å². The third-order valence-electron chi connectivity index (χ3n) is 3.57. The predicted molar refractivity (Wildman–Crippen MR) is 99.8 cm³/mol. The molecule has 0 fully saturated rings. The maximum Gasteiger partial charge on any atom is 0.425 e. The predicted octanol–water partition coefficient (Wildman–Crippen LogP) is 0.846. The van der Waals surface area contributed by atoms with Crippen molar-refractivity contribution in [1.82, 2.24) is 8.85 Å². The molecule has 18 heteroatoms. The van der Waals surface area contributed by atoms with Gasteiger partial charge >= 0.3 is 16.2 Å². The minimum absolute atomic E-state index is 0.156. The monoisotopic (exact) mass is 525 g/mol. The lowest BCUT2D eigenvalue weighted by Crippen LogP contribution is -2.67. The Bertz CT molecular complexity index is 1010. The maximum absolute atomic E-state index is 15.2. The Labute approximate surface area is 175 Å². The summed E-state index contributed by atoms with van der Waals surface area (Å²) in [5, 5.41) is -12.2. The van der Waals surface area contributed by atoms with E-state index in [1.54, 1.807) is 0 Å². The van der Waals surface area contributed by atoms with E-state index >= 15 is 4.39 Å². The Morgan fingerprint density at radius 2 is 1.55 bits per heavy atom. The standard InChI is InChI=1S/C13H21F6N3O6S3/c1-4-6-10(14)29(23,24)22-30(25,26)11(15,9(2)3)12(16,17)13(18,19)31(27,28)21-8-5-7-20/h4,6,10,21-22H,2,5,7-8,20H2,1,3H3. The van der Waals surface area contributed by atoms with Crippen LogP contribution >= 0.6 is 0 Å². The SMILES string of the molecule is C=C(C)C(F)(C(F)(F)C(F)(F)S(=O)(=O)NCCCN)S(=O)(=O)NS(=O)(=O)C(F)C=CC. The number of alkyl halides is 6. The highest BCUT2D eigenvalue weighted by Crippen LogP contribution is 2.52. The van der Waals surface area contributed by atoms with Crippen molar-refractivity contribution in [1.29, 1.82) is 0 Å². The largest absolute Gasteiger partial charge is 0.425 e. The number of sulfonamides is 3. The molecule has 4 N–H and O–H groups in total. The summed E-state index contributed by atoms with van der Waals surface area (Å²) in [6.07, 6.45) is 0.681. The van der Waals surface area contributed by atoms with Gasteiger partial charge in [-0.15, -0.1) is 4.13 Å². The summed E-state index contributed by atoms with van der Waals surface area (Å²) in [6, 6.07) is 0. The van der Waals surface area contributed by atoms with Crippen molar-refractivity contribution >= 4 is 30.1 Å². The van der Waals surface area contributed by atoms with Crippen LogP contribution in [0.3, 0.4) is 0 Å². The number of halogens is 6. The number of hydrogen-bond acceptors (Lipinski definition) is 7. The zero-order valence-corrected chi connectivity index (χ0v) is 18.5. The summed E-state index contributed by atoms with van der Waals surface area (Å²) < 4.78 is 159. The molecule has 0 heterocycles. The lowest BCUT2D eigenvalue weighted by atomic mass is 10.1. The van der Waals surface area contributed by atoms with E-state index in [9.17, 15) is 47.2 Å². The van der Waals surface area contributed by atoms with Gasteiger partial charge in [0.2, 0.25) is 5.50 Å². The van der Waals surface area contributed by atoms with E-state index in [-0.39, 0.29) is 30.1 Å². The molecule has 184 valence electrons. The molecule has 2 unspecified atom stereocenters. The van der Waals surface area contributed by atoms with E-state index in [0.29, 0.717) is 0 Å². The van der Waals surface area contributed by atoms with Crippen molar-refractivity contribution < 1.29 is 51.6 Å². The van der Waals surface area contributed by atoms with E-state index in [1.807, 2.05) is 0 Å². The number of nitrogens with two attached hydrogens (primary N) is 1. The third-order valence-corrected chi connectivity index (χ3v) is 8.98. The van der Waals surface area contributed by atoms with Gasteiger partial charge in [0.25, 0.3) is 30.1 Å². The van der Waals surface area contributed by atoms with Crippen LogP contribution in [0.25, 0.3) is 0 Å². The summed E-state index contributed by atoms with van der Waals surface area (Å²) in [5.41, 5.74) is -0.127. The minimum atomic E-state index is -6.79. The first-order valence-corrected chi connectivity index (χ1v) is 12.5. The molecule has 2 atom stereocenters. The number of allylic oxidation sites excluding steroid dienone is 1. The van der Waals surface area contributed by atoms with Crippen LogP contribution < -0.4 is 14.6 Å². The molecule has 0 saturated heterocycles. The average Bonchev–Trinajstić information content (AvgIpc) is 2.59. The third kappa shape index (κ3) is 5.41. The molecule has 0 bridgehead atoms. The van der Waals surface area contributed by atoms with Crippen LogP contribution in [0.2, 0.25) is 0 Å². The van der Waals surface area contributed by atoms with Gasteiger partial charge in [-0.05, 0) is 38.5 Å². The Morgan fingerprint density at radius 3 is 1.94 bits per heavy atom. The molecule has 0 aliphatic heterocycles. The molecule has 0 aromatic heterocycles. The molecule has 0 radical (unpaired) electrons. The van der Waals surface area contributed by atoms with Gasteiger partial charge in [0, 0.05) is 6.54 Å². The molecule has 0 amide bonds. The zero-order valence-electron chi connectivity index (χ0n) is 16.1. The Kier molecular flexibility index (Phi) is 9.36. The van der Waals surface area contributed by atoms with Crippen molar-refractivity contribution in [3.63, 3.8) is 0 Å². The first kappa shape index (κ1) is 29.8. The lowest BCUT2D eigenvalue weighted by Gasteiger charge is -2.36. The highest BCUT2D eigenvalue weighted by molar-refractivity contribution is 8.05. The van der Waals surface area contributed by atoms with Crippen molar-refractivity contribution in [3.8, 4) is 0 Å². The van der Waals surface area contributed by atoms with Crippen LogP contribution in [0, 0.1) is 0 Å². The normalized spacial score (nSPS) is 17.5. The van der Waals surface area contributed by atoms with Crippen LogP contribution in [-0.2, 0) is 30.1 Å². The molecular weight excluding hydrogens is 504 g/mol. The quantitative estimate of drug-likeness (QED) is 0.183. The van der Waals surface area contributed by atoms with E-state index in [1.165, 1.54) is 0 Å². The highest BCUT2D eigenvalue weighted by Gasteiger charge is 2.81. The summed E-state index contributed by atoms with van der Waals surface area (Å²) in [5.74, 6) is -6.64. The molecule has 0 aliphatic carbocycles. The topological polar surface area (TPSA) is 152 Å². The number of hydrogen-bond donors (Lipinski definition) is 3. The number of rotatable bonds is 13. The Hall–Kier alpha value is -1.21. The Morgan fingerprint density at radius 1 is 1.06 bits per heavy atom. The minimum Gasteiger partial charge on any atom is -0.330 e. The van der Waals surface area contributed by atoms with Crippen LogP contribution in [0.1, 0.15) is 20.3 Å². The fraction of sp³-hybridized carbons (Fsp3) is 0.692. The van der Waals surface area contributed by atoms with Gasteiger partial charge < -0.3 is 5.73 Å². The van der Waals surface area contributed by atoms with Gasteiger partial charge in [-0.3, -0.25) is 0 Å². The van der Waals surface area contributed by atoms with E-state index in [0.717, 1.165) is 17.7 Å². The van der Waals surface area contributed by atoms with E-state index < -0.39 is 63.9 Å². The van der Waals surface area contributed by atoms with Gasteiger partial charge in [0.15, 0.2) is 0 Å². The lowest BCUT2D eigenvalue weighted by molar-refractivity contribution is -0.198. The maximum atomic E-state index is 15.2. The van der Waals surface area contributed by atoms with Gasteiger partial charge in [-0.1, -0.05) is 12.7 Å². The van der Waals surface area contributed by atoms with Crippen molar-refractivity contribution in [3.05, 3.63) is 24.3 Å². The molecule has 0 aliphatic rings. The first-order valence-electron chi connectivity index (χ1n) is 8.03. The van der Waals surface area contributed by atoms with Gasteiger partial charge in [-0.25, -0.2) is 38.8 Å². The fourth-order valence-electron chi connectivity index (χ4n) is 1.93. The second kappa shape index (κ2) is 9.74. The summed E-state index contributed by atoms with van der Waals surface area (Å²) in [6.45, 7) is 2.60. The van der Waals surface area contributed by atoms with E-state index in [4.69, 9.17) is 5.73 Å². The second-order valence-corrected chi connectivity index (χ2v) is 11.6. The van der Waals surface area contributed by atoms with Gasteiger partial charge in [0.05, 0.1) is 0 Å². The zero-order chi connectivity index (χ0) is 25.1. The van der Waals surface area contributed by atoms with Crippen LogP contribution in [0.15, 0.2) is 24.3 Å². The molecule has 0 aromatic carbocycles. The second-order valence-electron chi connectivity index (χ2n) is 6.02. The van der Waals surface area contributed by atoms with Crippen molar-refractivity contribution in [2.75, 3.05) is 13.1 Å².